The highest BCUT2D eigenvalue weighted by Crippen LogP contribution is 2.24. The summed E-state index contributed by atoms with van der Waals surface area (Å²) in [4.78, 5) is 23.2. The van der Waals surface area contributed by atoms with Gasteiger partial charge in [0.2, 0.25) is 0 Å². The summed E-state index contributed by atoms with van der Waals surface area (Å²) in [5.41, 5.74) is -0.221. The maximum Gasteiger partial charge on any atom is 0.323 e. The molecule has 7 heteroatoms. The summed E-state index contributed by atoms with van der Waals surface area (Å²) < 4.78 is 13.4. The predicted molar refractivity (Wildman–Crippen MR) is 68.5 cm³/mol. The van der Waals surface area contributed by atoms with Crippen molar-refractivity contribution >= 4 is 29.3 Å². The second-order valence-electron chi connectivity index (χ2n) is 3.48. The van der Waals surface area contributed by atoms with Crippen molar-refractivity contribution in [1.29, 1.82) is 0 Å². The van der Waals surface area contributed by atoms with Crippen LogP contribution in [0.3, 0.4) is 0 Å². The maximum absolute atomic E-state index is 13.4. The Balaban J connectivity index is 2.87. The van der Waals surface area contributed by atoms with Crippen molar-refractivity contribution in [2.45, 2.75) is 0 Å². The molecule has 0 bridgehead atoms. The number of hydrogen-bond acceptors (Lipinski definition) is 2. The largest absolute Gasteiger partial charge is 0.480 e. The van der Waals surface area contributed by atoms with Crippen molar-refractivity contribution in [3.63, 3.8) is 0 Å². The lowest BCUT2D eigenvalue weighted by Gasteiger charge is -2.19. The van der Waals surface area contributed by atoms with E-state index in [2.05, 4.69) is 11.2 Å². The Hall–Kier alpha value is -2.26. The van der Waals surface area contributed by atoms with Crippen LogP contribution in [0.5, 0.6) is 0 Å². The van der Waals surface area contributed by atoms with Gasteiger partial charge < -0.3 is 15.3 Å². The van der Waals surface area contributed by atoms with Gasteiger partial charge in [-0.15, -0.1) is 6.42 Å². The number of aliphatic carboxylic acids is 1. The number of carbonyl (C=O) groups excluding carboxylic acids is 1. The van der Waals surface area contributed by atoms with E-state index in [1.54, 1.807) is 0 Å². The van der Waals surface area contributed by atoms with Gasteiger partial charge >= 0.3 is 12.0 Å². The minimum Gasteiger partial charge on any atom is -0.480 e. The Bertz CT molecular complexity index is 522. The average molecular weight is 285 g/mol. The highest BCUT2D eigenvalue weighted by atomic mass is 35.5. The molecule has 0 unspecified atom stereocenters. The average Bonchev–Trinajstić information content (AvgIpc) is 2.32. The van der Waals surface area contributed by atoms with Gasteiger partial charge in [0.25, 0.3) is 0 Å². The fourth-order valence-electron chi connectivity index (χ4n) is 1.28. The van der Waals surface area contributed by atoms with Gasteiger partial charge in [0.15, 0.2) is 0 Å². The Morgan fingerprint density at radius 2 is 2.21 bits per heavy atom. The molecular weight excluding hydrogens is 275 g/mol. The number of rotatable bonds is 4. The fraction of sp³-hybridized carbons (Fsp3) is 0.167. The van der Waals surface area contributed by atoms with Crippen molar-refractivity contribution in [3.8, 4) is 12.3 Å². The third-order valence-electron chi connectivity index (χ3n) is 2.09. The van der Waals surface area contributed by atoms with Crippen LogP contribution in [0.2, 0.25) is 5.02 Å². The monoisotopic (exact) mass is 284 g/mol. The smallest absolute Gasteiger partial charge is 0.323 e. The molecule has 2 N–H and O–H groups in total. The predicted octanol–water partition coefficient (Wildman–Crippen LogP) is 2.03. The fourth-order valence-corrected chi connectivity index (χ4v) is 1.49. The molecule has 0 spiro atoms. The van der Waals surface area contributed by atoms with Gasteiger partial charge in [-0.05, 0) is 12.1 Å². The number of carboxylic acid groups (broad SMARTS) is 1. The van der Waals surface area contributed by atoms with Gasteiger partial charge in [0, 0.05) is 0 Å². The number of nitrogens with zero attached hydrogens (tertiary/aromatic N) is 1. The summed E-state index contributed by atoms with van der Waals surface area (Å²) in [5, 5.41) is 10.8. The number of urea groups is 1. The zero-order valence-electron chi connectivity index (χ0n) is 9.69. The first-order chi connectivity index (χ1) is 8.95. The molecule has 1 aromatic carbocycles. The lowest BCUT2D eigenvalue weighted by molar-refractivity contribution is -0.137. The molecule has 2 amide bonds. The number of terminal acetylenes is 1. The number of amides is 2. The zero-order chi connectivity index (χ0) is 14.4. The van der Waals surface area contributed by atoms with Crippen molar-refractivity contribution in [3.05, 3.63) is 29.0 Å². The van der Waals surface area contributed by atoms with E-state index in [9.17, 15) is 14.0 Å². The van der Waals surface area contributed by atoms with E-state index in [1.807, 2.05) is 0 Å². The standard InChI is InChI=1S/C12H10ClFN2O3/c1-2-6-16(7-10(17)18)12(19)15-11-8(13)4-3-5-9(11)14/h1,3-5H,6-7H2,(H,15,19)(H,17,18). The van der Waals surface area contributed by atoms with E-state index >= 15 is 0 Å². The number of anilines is 1. The van der Waals surface area contributed by atoms with Crippen molar-refractivity contribution in [2.24, 2.45) is 0 Å². The minimum absolute atomic E-state index is 0.00401. The first-order valence-electron chi connectivity index (χ1n) is 5.11. The molecule has 0 aliphatic rings. The van der Waals surface area contributed by atoms with Crippen LogP contribution in [0.4, 0.5) is 14.9 Å². The Morgan fingerprint density at radius 3 is 2.74 bits per heavy atom. The number of benzene rings is 1. The van der Waals surface area contributed by atoms with E-state index in [0.717, 1.165) is 11.0 Å². The van der Waals surface area contributed by atoms with Crippen molar-refractivity contribution in [1.82, 2.24) is 4.90 Å². The molecule has 0 aromatic heterocycles. The van der Waals surface area contributed by atoms with E-state index in [-0.39, 0.29) is 17.3 Å². The minimum atomic E-state index is -1.23. The van der Waals surface area contributed by atoms with Gasteiger partial charge in [-0.2, -0.15) is 0 Å². The van der Waals surface area contributed by atoms with Crippen molar-refractivity contribution < 1.29 is 19.1 Å². The number of carboxylic acids is 1. The zero-order valence-corrected chi connectivity index (χ0v) is 10.4. The Morgan fingerprint density at radius 1 is 1.53 bits per heavy atom. The van der Waals surface area contributed by atoms with E-state index in [4.69, 9.17) is 23.1 Å². The molecule has 0 aliphatic carbocycles. The lowest BCUT2D eigenvalue weighted by Crippen LogP contribution is -2.39. The lowest BCUT2D eigenvalue weighted by atomic mass is 10.3. The van der Waals surface area contributed by atoms with E-state index in [0.29, 0.717) is 0 Å². The molecule has 0 saturated carbocycles. The number of carbonyl (C=O) groups is 2. The third kappa shape index (κ3) is 4.16. The molecule has 0 heterocycles. The summed E-state index contributed by atoms with van der Waals surface area (Å²) in [7, 11) is 0. The highest BCUT2D eigenvalue weighted by Gasteiger charge is 2.18. The number of nitrogens with one attached hydrogen (secondary N) is 1. The molecule has 0 aliphatic heterocycles. The first kappa shape index (κ1) is 14.8. The van der Waals surface area contributed by atoms with Crippen molar-refractivity contribution in [2.75, 3.05) is 18.4 Å². The molecule has 1 rings (SSSR count). The van der Waals surface area contributed by atoms with E-state index < -0.39 is 24.4 Å². The van der Waals surface area contributed by atoms with Crippen LogP contribution in [0.25, 0.3) is 0 Å². The number of halogens is 2. The summed E-state index contributed by atoms with van der Waals surface area (Å²) >= 11 is 5.73. The van der Waals surface area contributed by atoms with Gasteiger partial charge in [-0.3, -0.25) is 4.79 Å². The van der Waals surface area contributed by atoms with Crippen LogP contribution < -0.4 is 5.32 Å². The van der Waals surface area contributed by atoms with E-state index in [1.165, 1.54) is 12.1 Å². The van der Waals surface area contributed by atoms with Crippen LogP contribution in [0.1, 0.15) is 0 Å². The second kappa shape index (κ2) is 6.61. The summed E-state index contributed by atoms with van der Waals surface area (Å²) in [6.45, 7) is -0.813. The quantitative estimate of drug-likeness (QED) is 0.831. The molecule has 19 heavy (non-hydrogen) atoms. The SMILES string of the molecule is C#CCN(CC(=O)O)C(=O)Nc1c(F)cccc1Cl. The summed E-state index contributed by atoms with van der Waals surface area (Å²) in [5.74, 6) is 0.187. The Kier molecular flexibility index (Phi) is 5.15. The number of hydrogen-bond donors (Lipinski definition) is 2. The van der Waals surface area contributed by atoms with Crippen LogP contribution in [0.15, 0.2) is 18.2 Å². The van der Waals surface area contributed by atoms with Gasteiger partial charge in [-0.25, -0.2) is 9.18 Å². The Labute approximate surface area is 114 Å². The molecule has 100 valence electrons. The molecule has 0 saturated heterocycles. The highest BCUT2D eigenvalue weighted by molar-refractivity contribution is 6.33. The second-order valence-corrected chi connectivity index (χ2v) is 3.89. The van der Waals surface area contributed by atoms with Crippen LogP contribution in [0, 0.1) is 18.2 Å². The summed E-state index contributed by atoms with van der Waals surface area (Å²) in [6, 6.07) is 3.05. The normalized spacial score (nSPS) is 9.53. The third-order valence-corrected chi connectivity index (χ3v) is 2.41. The number of para-hydroxylation sites is 1. The van der Waals surface area contributed by atoms with Crippen LogP contribution >= 0.6 is 11.6 Å². The van der Waals surface area contributed by atoms with Crippen LogP contribution in [-0.2, 0) is 4.79 Å². The molecule has 0 atom stereocenters. The molecule has 1 aromatic rings. The molecule has 0 radical (unpaired) electrons. The first-order valence-corrected chi connectivity index (χ1v) is 5.48. The van der Waals surface area contributed by atoms with Gasteiger partial charge in [-0.1, -0.05) is 23.6 Å². The van der Waals surface area contributed by atoms with Crippen LogP contribution in [-0.4, -0.2) is 35.1 Å². The maximum atomic E-state index is 13.4. The van der Waals surface area contributed by atoms with Gasteiger partial charge in [0.05, 0.1) is 17.3 Å². The molecular formula is C12H10ClFN2O3. The van der Waals surface area contributed by atoms with Gasteiger partial charge in [0.1, 0.15) is 12.4 Å². The summed E-state index contributed by atoms with van der Waals surface area (Å²) in [6.07, 6.45) is 5.03. The topological polar surface area (TPSA) is 69.6 Å². The molecule has 5 nitrogen and oxygen atoms in total. The molecule has 0 fully saturated rings.